The molecule has 0 bridgehead atoms. The van der Waals surface area contributed by atoms with E-state index in [1.54, 1.807) is 24.5 Å². The Balaban J connectivity index is 0.000000935. The van der Waals surface area contributed by atoms with Gasteiger partial charge in [0.15, 0.2) is 6.29 Å². The monoisotopic (exact) mass is 658 g/mol. The Morgan fingerprint density at radius 3 is 2.04 bits per heavy atom. The molecule has 258 valence electrons. The lowest BCUT2D eigenvalue weighted by atomic mass is 10.2. The van der Waals surface area contributed by atoms with Crippen LogP contribution in [0.15, 0.2) is 128 Å². The topological polar surface area (TPSA) is 105 Å². The van der Waals surface area contributed by atoms with Crippen LogP contribution in [0.2, 0.25) is 0 Å². The van der Waals surface area contributed by atoms with Crippen molar-refractivity contribution in [1.29, 1.82) is 0 Å². The Kier molecular flexibility index (Phi) is 15.4. The first-order valence-corrected chi connectivity index (χ1v) is 16.1. The van der Waals surface area contributed by atoms with Gasteiger partial charge in [0.05, 0.1) is 25.0 Å². The molecule has 3 aromatic rings. The summed E-state index contributed by atoms with van der Waals surface area (Å²) >= 11 is 0. The van der Waals surface area contributed by atoms with Gasteiger partial charge in [-0.25, -0.2) is 9.48 Å². The fraction of sp³-hybridized carbons (Fsp3) is 0.389. The number of rotatable bonds is 18. The highest BCUT2D eigenvalue weighted by Crippen LogP contribution is 2.15. The molecule has 12 heteroatoms. The summed E-state index contributed by atoms with van der Waals surface area (Å²) in [5, 5.41) is 12.4. The van der Waals surface area contributed by atoms with E-state index in [9.17, 15) is 4.79 Å². The Hall–Kier alpha value is -4.94. The average molecular weight is 659 g/mol. The van der Waals surface area contributed by atoms with Crippen LogP contribution >= 0.6 is 0 Å². The van der Waals surface area contributed by atoms with Gasteiger partial charge in [-0.2, -0.15) is 20.1 Å². The van der Waals surface area contributed by atoms with Gasteiger partial charge >= 0.3 is 5.69 Å². The molecular weight excluding hydrogens is 608 g/mol. The summed E-state index contributed by atoms with van der Waals surface area (Å²) in [5.41, 5.74) is 1.94. The number of nitrogens with zero attached hydrogens (tertiary/aromatic N) is 8. The van der Waals surface area contributed by atoms with Gasteiger partial charge in [-0.3, -0.25) is 4.57 Å². The second-order valence-corrected chi connectivity index (χ2v) is 11.2. The van der Waals surface area contributed by atoms with Crippen LogP contribution in [0.25, 0.3) is 5.70 Å². The molecule has 1 fully saturated rings. The van der Waals surface area contributed by atoms with Gasteiger partial charge in [-0.15, -0.1) is 0 Å². The van der Waals surface area contributed by atoms with Gasteiger partial charge in [-0.05, 0) is 37.1 Å². The zero-order valence-corrected chi connectivity index (χ0v) is 28.7. The van der Waals surface area contributed by atoms with E-state index in [1.807, 2.05) is 86.3 Å². The summed E-state index contributed by atoms with van der Waals surface area (Å²) in [6.45, 7) is 23.0. The van der Waals surface area contributed by atoms with E-state index < -0.39 is 6.29 Å². The van der Waals surface area contributed by atoms with Gasteiger partial charge in [0.25, 0.3) is 0 Å². The Bertz CT molecular complexity index is 1530. The van der Waals surface area contributed by atoms with Crippen LogP contribution in [0.5, 0.6) is 0 Å². The third-order valence-corrected chi connectivity index (χ3v) is 7.69. The molecule has 12 nitrogen and oxygen atoms in total. The summed E-state index contributed by atoms with van der Waals surface area (Å²) < 4.78 is 20.2. The Morgan fingerprint density at radius 2 is 1.48 bits per heavy atom. The summed E-state index contributed by atoms with van der Waals surface area (Å²) in [4.78, 5) is 18.3. The van der Waals surface area contributed by atoms with E-state index in [4.69, 9.17) is 14.2 Å². The molecule has 2 unspecified atom stereocenters. The molecular formula is C36H50N8O4. The molecule has 1 aromatic carbocycles. The number of hydrogen-bond donors (Lipinski definition) is 0. The van der Waals surface area contributed by atoms with Gasteiger partial charge in [0.1, 0.15) is 31.3 Å². The van der Waals surface area contributed by atoms with Crippen molar-refractivity contribution in [1.82, 2.24) is 39.1 Å². The standard InChI is InChI=1S/C30H44N8O4.C6H6/c1-9-27(10-2)38-30(39)36(22-33-38)25(5)12-11-23(3)34(7)17-18-35(8)24(4)13-14-26(6)40-20-28-21-41-29(42-28)19-37-31-15-16-32-37;1-2-4-6-5-3-1/h11-16,22,27-29H,3-6,9-10,17-21H2,1-2,7-8H3;1-6H/b12-11-,14-13-;. The predicted molar refractivity (Wildman–Crippen MR) is 189 cm³/mol. The highest BCUT2D eigenvalue weighted by atomic mass is 16.7. The molecule has 1 aliphatic heterocycles. The van der Waals surface area contributed by atoms with E-state index in [0.29, 0.717) is 44.3 Å². The second kappa shape index (κ2) is 19.7. The molecule has 0 N–H and O–H groups in total. The van der Waals surface area contributed by atoms with Gasteiger partial charge in [-0.1, -0.05) is 76.6 Å². The third kappa shape index (κ3) is 12.0. The first kappa shape index (κ1) is 37.5. The zero-order valence-electron chi connectivity index (χ0n) is 28.7. The summed E-state index contributed by atoms with van der Waals surface area (Å²) in [6.07, 6.45) is 13.1. The van der Waals surface area contributed by atoms with Crippen molar-refractivity contribution in [3.63, 3.8) is 0 Å². The SMILES string of the molecule is C=C(/C=C\C(=C)N(C)CCN(C)C(=C)/C=C\C(=C)n1cnn(C(CC)CC)c1=O)OCC1COC(Cn2nccn2)O1.c1ccccc1. The quantitative estimate of drug-likeness (QED) is 0.136. The maximum atomic E-state index is 12.7. The fourth-order valence-electron chi connectivity index (χ4n) is 4.50. The highest BCUT2D eigenvalue weighted by molar-refractivity contribution is 5.54. The van der Waals surface area contributed by atoms with Crippen LogP contribution in [0.4, 0.5) is 0 Å². The molecule has 48 heavy (non-hydrogen) atoms. The fourth-order valence-corrected chi connectivity index (χ4v) is 4.50. The Labute approximate surface area is 284 Å². The molecule has 0 radical (unpaired) electrons. The molecule has 4 rings (SSSR count). The lowest BCUT2D eigenvalue weighted by Gasteiger charge is -2.25. The van der Waals surface area contributed by atoms with Crippen LogP contribution < -0.4 is 5.69 Å². The lowest BCUT2D eigenvalue weighted by Crippen LogP contribution is -2.29. The van der Waals surface area contributed by atoms with E-state index in [2.05, 4.69) is 41.6 Å². The van der Waals surface area contributed by atoms with Crippen molar-refractivity contribution in [3.8, 4) is 0 Å². The highest BCUT2D eigenvalue weighted by Gasteiger charge is 2.27. The van der Waals surface area contributed by atoms with Crippen molar-refractivity contribution < 1.29 is 14.2 Å². The summed E-state index contributed by atoms with van der Waals surface area (Å²) in [6, 6.07) is 12.1. The zero-order chi connectivity index (χ0) is 34.9. The number of likely N-dealkylation sites (N-methyl/N-ethyl adjacent to an activating group) is 2. The van der Waals surface area contributed by atoms with Crippen molar-refractivity contribution in [2.24, 2.45) is 0 Å². The minimum absolute atomic E-state index is 0.0792. The normalized spacial score (nSPS) is 15.8. The molecule has 3 heterocycles. The number of aromatic nitrogens is 6. The lowest BCUT2D eigenvalue weighted by molar-refractivity contribution is -0.0793. The predicted octanol–water partition coefficient (Wildman–Crippen LogP) is 5.13. The Morgan fingerprint density at radius 1 is 0.917 bits per heavy atom. The number of ether oxygens (including phenoxy) is 3. The molecule has 0 aliphatic carbocycles. The molecule has 0 amide bonds. The minimum atomic E-state index is -0.402. The maximum Gasteiger partial charge on any atom is 0.350 e. The third-order valence-electron chi connectivity index (χ3n) is 7.69. The van der Waals surface area contributed by atoms with Crippen LogP contribution in [0, 0.1) is 0 Å². The number of benzene rings is 1. The van der Waals surface area contributed by atoms with Crippen LogP contribution in [-0.2, 0) is 20.8 Å². The first-order chi connectivity index (χ1) is 23.1. The van der Waals surface area contributed by atoms with E-state index in [0.717, 1.165) is 24.2 Å². The molecule has 0 spiro atoms. The van der Waals surface area contributed by atoms with Gasteiger partial charge in [0.2, 0.25) is 0 Å². The number of hydrogen-bond acceptors (Lipinski definition) is 9. The largest absolute Gasteiger partial charge is 0.491 e. The molecule has 0 saturated carbocycles. The molecule has 1 aliphatic rings. The minimum Gasteiger partial charge on any atom is -0.491 e. The van der Waals surface area contributed by atoms with Gasteiger partial charge < -0.3 is 24.0 Å². The van der Waals surface area contributed by atoms with Crippen LogP contribution in [0.1, 0.15) is 32.7 Å². The average Bonchev–Trinajstić information content (AvgIpc) is 3.88. The van der Waals surface area contributed by atoms with Crippen LogP contribution in [-0.4, -0.2) is 91.9 Å². The summed E-state index contributed by atoms with van der Waals surface area (Å²) in [5.74, 6) is 0.505. The molecule has 1 saturated heterocycles. The van der Waals surface area contributed by atoms with E-state index >= 15 is 0 Å². The van der Waals surface area contributed by atoms with E-state index in [-0.39, 0.29) is 17.8 Å². The molecule has 2 atom stereocenters. The smallest absolute Gasteiger partial charge is 0.350 e. The van der Waals surface area contributed by atoms with Crippen molar-refractivity contribution >= 4 is 5.70 Å². The maximum absolute atomic E-state index is 12.7. The van der Waals surface area contributed by atoms with Crippen LogP contribution in [0.3, 0.4) is 0 Å². The van der Waals surface area contributed by atoms with E-state index in [1.165, 1.54) is 20.4 Å². The first-order valence-electron chi connectivity index (χ1n) is 16.1. The summed E-state index contributed by atoms with van der Waals surface area (Å²) in [7, 11) is 3.92. The van der Waals surface area contributed by atoms with Crippen molar-refractivity contribution in [2.75, 3.05) is 40.4 Å². The second-order valence-electron chi connectivity index (χ2n) is 11.2. The van der Waals surface area contributed by atoms with Crippen molar-refractivity contribution in [3.05, 3.63) is 133 Å². The van der Waals surface area contributed by atoms with Gasteiger partial charge in [0, 0.05) is 44.3 Å². The number of allylic oxidation sites excluding steroid dienone is 5. The molecule has 2 aromatic heterocycles. The van der Waals surface area contributed by atoms with Crippen molar-refractivity contribution in [2.45, 2.75) is 51.7 Å².